The zero-order valence-electron chi connectivity index (χ0n) is 13.4. The Kier molecular flexibility index (Phi) is 3.95. The van der Waals surface area contributed by atoms with Crippen LogP contribution in [-0.2, 0) is 4.74 Å². The van der Waals surface area contributed by atoms with Crippen molar-refractivity contribution in [1.82, 2.24) is 10.6 Å². The Balaban J connectivity index is 1.42. The van der Waals surface area contributed by atoms with Crippen LogP contribution < -0.4 is 10.6 Å². The molecule has 1 aliphatic carbocycles. The second kappa shape index (κ2) is 6.40. The van der Waals surface area contributed by atoms with Crippen molar-refractivity contribution in [2.75, 3.05) is 13.2 Å². The van der Waals surface area contributed by atoms with Gasteiger partial charge in [0.15, 0.2) is 0 Å². The highest BCUT2D eigenvalue weighted by Gasteiger charge is 2.29. The van der Waals surface area contributed by atoms with Crippen molar-refractivity contribution in [2.24, 2.45) is 0 Å². The lowest BCUT2D eigenvalue weighted by Crippen LogP contribution is -2.37. The molecule has 1 atom stereocenters. The fourth-order valence-electron chi connectivity index (χ4n) is 3.50. The monoisotopic (exact) mass is 320 g/mol. The number of carbonyl (C=O) groups excluding carboxylic acids is 1. The summed E-state index contributed by atoms with van der Waals surface area (Å²) in [5, 5.41) is 6.02. The van der Waals surface area contributed by atoms with Gasteiger partial charge in [-0.3, -0.25) is 0 Å². The van der Waals surface area contributed by atoms with Crippen LogP contribution >= 0.6 is 0 Å². The molecule has 1 amide bonds. The first-order chi connectivity index (χ1) is 11.8. The minimum absolute atomic E-state index is 0.106. The van der Waals surface area contributed by atoms with Crippen LogP contribution in [0.1, 0.15) is 23.5 Å². The highest BCUT2D eigenvalue weighted by molar-refractivity contribution is 5.79. The van der Waals surface area contributed by atoms with Gasteiger partial charge in [-0.2, -0.15) is 0 Å². The maximum Gasteiger partial charge on any atom is 0.407 e. The Morgan fingerprint density at radius 1 is 1.08 bits per heavy atom. The van der Waals surface area contributed by atoms with Crippen LogP contribution in [0.2, 0.25) is 0 Å². The zero-order valence-corrected chi connectivity index (χ0v) is 13.4. The molecule has 0 aromatic heterocycles. The third kappa shape index (κ3) is 2.75. The van der Waals surface area contributed by atoms with E-state index in [-0.39, 0.29) is 18.1 Å². The molecular weight excluding hydrogens is 300 g/mol. The van der Waals surface area contributed by atoms with Crippen molar-refractivity contribution in [3.05, 3.63) is 71.9 Å². The topological polar surface area (TPSA) is 50.4 Å². The van der Waals surface area contributed by atoms with E-state index in [2.05, 4.69) is 41.0 Å². The van der Waals surface area contributed by atoms with E-state index in [1.807, 2.05) is 30.5 Å². The van der Waals surface area contributed by atoms with Gasteiger partial charge in [0.2, 0.25) is 0 Å². The minimum atomic E-state index is -0.356. The van der Waals surface area contributed by atoms with Gasteiger partial charge < -0.3 is 15.4 Å². The second-order valence-corrected chi connectivity index (χ2v) is 6.21. The lowest BCUT2D eigenvalue weighted by molar-refractivity contribution is 0.142. The van der Waals surface area contributed by atoms with Gasteiger partial charge in [0.25, 0.3) is 0 Å². The summed E-state index contributed by atoms with van der Waals surface area (Å²) in [6.07, 6.45) is 4.56. The summed E-state index contributed by atoms with van der Waals surface area (Å²) < 4.78 is 5.50. The van der Waals surface area contributed by atoms with Crippen molar-refractivity contribution < 1.29 is 9.53 Å². The van der Waals surface area contributed by atoms with Gasteiger partial charge >= 0.3 is 6.09 Å². The summed E-state index contributed by atoms with van der Waals surface area (Å²) in [5.41, 5.74) is 4.94. The molecule has 4 nitrogen and oxygen atoms in total. The maximum absolute atomic E-state index is 12.0. The van der Waals surface area contributed by atoms with Gasteiger partial charge in [-0.1, -0.05) is 54.6 Å². The highest BCUT2D eigenvalue weighted by Crippen LogP contribution is 2.44. The number of amides is 1. The molecule has 4 heteroatoms. The Morgan fingerprint density at radius 3 is 2.38 bits per heavy atom. The van der Waals surface area contributed by atoms with Crippen molar-refractivity contribution in [1.29, 1.82) is 0 Å². The van der Waals surface area contributed by atoms with Crippen molar-refractivity contribution >= 4 is 6.09 Å². The van der Waals surface area contributed by atoms with Gasteiger partial charge in [-0.15, -0.1) is 0 Å². The fraction of sp³-hybridized carbons (Fsp3) is 0.250. The number of carbonyl (C=O) groups is 1. The molecule has 1 unspecified atom stereocenters. The molecule has 1 aliphatic heterocycles. The average molecular weight is 320 g/mol. The molecule has 2 aliphatic rings. The molecule has 2 aromatic carbocycles. The van der Waals surface area contributed by atoms with Crippen LogP contribution in [0.3, 0.4) is 0 Å². The van der Waals surface area contributed by atoms with Gasteiger partial charge in [0.05, 0.1) is 0 Å². The molecule has 0 radical (unpaired) electrons. The van der Waals surface area contributed by atoms with E-state index >= 15 is 0 Å². The Hall–Kier alpha value is -2.75. The smallest absolute Gasteiger partial charge is 0.407 e. The molecule has 2 aromatic rings. The van der Waals surface area contributed by atoms with Crippen molar-refractivity contribution in [2.45, 2.75) is 18.4 Å². The van der Waals surface area contributed by atoms with Crippen LogP contribution in [0.4, 0.5) is 4.79 Å². The van der Waals surface area contributed by atoms with E-state index in [1.54, 1.807) is 0 Å². The molecular formula is C20H20N2O2. The number of alkyl carbamates (subject to hydrolysis) is 1. The maximum atomic E-state index is 12.0. The molecule has 1 heterocycles. The predicted octanol–water partition coefficient (Wildman–Crippen LogP) is 3.40. The second-order valence-electron chi connectivity index (χ2n) is 6.21. The summed E-state index contributed by atoms with van der Waals surface area (Å²) in [7, 11) is 0. The first-order valence-electron chi connectivity index (χ1n) is 8.33. The summed E-state index contributed by atoms with van der Waals surface area (Å²) in [4.78, 5) is 12.0. The van der Waals surface area contributed by atoms with Crippen LogP contribution in [0.25, 0.3) is 11.1 Å². The molecule has 0 fully saturated rings. The number of ether oxygens (including phenoxy) is 1. The molecule has 0 bridgehead atoms. The number of hydrogen-bond acceptors (Lipinski definition) is 3. The van der Waals surface area contributed by atoms with Gasteiger partial charge in [0, 0.05) is 18.5 Å². The molecule has 2 N–H and O–H groups in total. The van der Waals surface area contributed by atoms with Crippen molar-refractivity contribution in [3.8, 4) is 11.1 Å². The largest absolute Gasteiger partial charge is 0.449 e. The number of nitrogens with one attached hydrogen (secondary N) is 2. The van der Waals surface area contributed by atoms with E-state index in [4.69, 9.17) is 4.74 Å². The Morgan fingerprint density at radius 2 is 1.75 bits per heavy atom. The molecule has 0 saturated heterocycles. The molecule has 0 spiro atoms. The van der Waals surface area contributed by atoms with Crippen LogP contribution in [0, 0.1) is 0 Å². The van der Waals surface area contributed by atoms with Gasteiger partial charge in [0.1, 0.15) is 6.61 Å². The highest BCUT2D eigenvalue weighted by atomic mass is 16.5. The van der Waals surface area contributed by atoms with Gasteiger partial charge in [-0.25, -0.2) is 4.79 Å². The first kappa shape index (κ1) is 14.8. The lowest BCUT2D eigenvalue weighted by Gasteiger charge is -2.16. The summed E-state index contributed by atoms with van der Waals surface area (Å²) >= 11 is 0. The third-order valence-electron chi connectivity index (χ3n) is 4.71. The quantitative estimate of drug-likeness (QED) is 0.908. The van der Waals surface area contributed by atoms with E-state index in [1.165, 1.54) is 22.3 Å². The number of benzene rings is 2. The van der Waals surface area contributed by atoms with E-state index < -0.39 is 0 Å². The summed E-state index contributed by atoms with van der Waals surface area (Å²) in [5.74, 6) is 0.106. The molecule has 24 heavy (non-hydrogen) atoms. The predicted molar refractivity (Wildman–Crippen MR) is 93.8 cm³/mol. The number of hydrogen-bond donors (Lipinski definition) is 2. The average Bonchev–Trinajstić information content (AvgIpc) is 3.25. The summed E-state index contributed by atoms with van der Waals surface area (Å²) in [6, 6.07) is 16.9. The molecule has 122 valence electrons. The van der Waals surface area contributed by atoms with E-state index in [9.17, 15) is 4.79 Å². The van der Waals surface area contributed by atoms with Crippen LogP contribution in [0.15, 0.2) is 60.8 Å². The standard InChI is InChI=1S/C20H20N2O2/c23-20(22-12-14-6-5-11-21-14)24-13-19-17-9-3-1-7-15(17)16-8-2-4-10-18(16)19/h1-5,7-11,14,19,21H,6,12-13H2,(H,22,23). The first-order valence-corrected chi connectivity index (χ1v) is 8.33. The fourth-order valence-corrected chi connectivity index (χ4v) is 3.50. The van der Waals surface area contributed by atoms with Crippen LogP contribution in [0.5, 0.6) is 0 Å². The number of fused-ring (bicyclic) bond motifs is 3. The third-order valence-corrected chi connectivity index (χ3v) is 4.71. The van der Waals surface area contributed by atoms with Gasteiger partial charge in [-0.05, 0) is 34.9 Å². The molecule has 0 saturated carbocycles. The zero-order chi connectivity index (χ0) is 16.4. The van der Waals surface area contributed by atoms with E-state index in [0.717, 1.165) is 6.42 Å². The van der Waals surface area contributed by atoms with Crippen LogP contribution in [-0.4, -0.2) is 25.3 Å². The SMILES string of the molecule is O=C(NCC1CC=CN1)OCC1c2ccccc2-c2ccccc21. The Bertz CT molecular complexity index is 731. The Labute approximate surface area is 141 Å². The normalized spacial score (nSPS) is 17.9. The van der Waals surface area contributed by atoms with E-state index in [0.29, 0.717) is 13.2 Å². The van der Waals surface area contributed by atoms with Crippen molar-refractivity contribution in [3.63, 3.8) is 0 Å². The molecule has 4 rings (SSSR count). The minimum Gasteiger partial charge on any atom is -0.449 e. The lowest BCUT2D eigenvalue weighted by atomic mass is 9.98. The number of rotatable bonds is 4. The summed E-state index contributed by atoms with van der Waals surface area (Å²) in [6.45, 7) is 0.930.